The van der Waals surface area contributed by atoms with Gasteiger partial charge >= 0.3 is 5.97 Å². The lowest BCUT2D eigenvalue weighted by Gasteiger charge is -2.12. The van der Waals surface area contributed by atoms with Gasteiger partial charge in [0.2, 0.25) is 11.7 Å². The predicted octanol–water partition coefficient (Wildman–Crippen LogP) is 2.61. The Bertz CT molecular complexity index is 777. The van der Waals surface area contributed by atoms with E-state index in [4.69, 9.17) is 14.6 Å². The van der Waals surface area contributed by atoms with Crippen LogP contribution in [0.2, 0.25) is 0 Å². The quantitative estimate of drug-likeness (QED) is 0.669. The number of phenols is 1. The number of hydrogen-bond acceptors (Lipinski definition) is 5. The monoisotopic (exact) mass is 359 g/mol. The molecule has 7 nitrogen and oxygen atoms in total. The maximum atomic E-state index is 12.3. The number of ether oxygens (including phenoxy) is 2. The van der Waals surface area contributed by atoms with Gasteiger partial charge in [0.05, 0.1) is 20.6 Å². The number of anilines is 1. The van der Waals surface area contributed by atoms with Crippen LogP contribution in [0.3, 0.4) is 0 Å². The molecule has 0 saturated heterocycles. The largest absolute Gasteiger partial charge is 0.502 e. The Balaban J connectivity index is 2.07. The van der Waals surface area contributed by atoms with Crippen molar-refractivity contribution in [2.75, 3.05) is 19.5 Å². The number of aliphatic carboxylic acids is 1. The van der Waals surface area contributed by atoms with Crippen LogP contribution in [0.15, 0.2) is 36.4 Å². The Morgan fingerprint density at radius 1 is 1.04 bits per heavy atom. The second kappa shape index (κ2) is 8.75. The number of carbonyl (C=O) groups excluding carboxylic acids is 1. The lowest BCUT2D eigenvalue weighted by Crippen LogP contribution is -2.14. The van der Waals surface area contributed by atoms with Crippen molar-refractivity contribution in [2.24, 2.45) is 0 Å². The number of rotatable bonds is 8. The molecule has 0 fully saturated rings. The van der Waals surface area contributed by atoms with Gasteiger partial charge in [-0.25, -0.2) is 0 Å². The maximum Gasteiger partial charge on any atom is 0.303 e. The summed E-state index contributed by atoms with van der Waals surface area (Å²) >= 11 is 0. The van der Waals surface area contributed by atoms with Crippen LogP contribution in [0.25, 0.3) is 0 Å². The number of methoxy groups -OCH3 is 2. The molecular weight excluding hydrogens is 338 g/mol. The molecule has 26 heavy (non-hydrogen) atoms. The van der Waals surface area contributed by atoms with E-state index in [2.05, 4.69) is 5.32 Å². The number of phenolic OH excluding ortho intramolecular Hbond substituents is 1. The second-order valence-corrected chi connectivity index (χ2v) is 5.67. The number of hydrogen-bond donors (Lipinski definition) is 3. The van der Waals surface area contributed by atoms with Crippen LogP contribution in [0.1, 0.15) is 17.5 Å². The lowest BCUT2D eigenvalue weighted by atomic mass is 10.1. The van der Waals surface area contributed by atoms with Gasteiger partial charge in [0.25, 0.3) is 0 Å². The molecule has 0 spiro atoms. The number of nitrogens with one attached hydrogen (secondary N) is 1. The summed E-state index contributed by atoms with van der Waals surface area (Å²) in [5.41, 5.74) is 2.05. The van der Waals surface area contributed by atoms with E-state index in [0.29, 0.717) is 17.7 Å². The van der Waals surface area contributed by atoms with E-state index >= 15 is 0 Å². The van der Waals surface area contributed by atoms with Gasteiger partial charge in [-0.15, -0.1) is 0 Å². The normalized spacial score (nSPS) is 10.2. The summed E-state index contributed by atoms with van der Waals surface area (Å²) in [6, 6.07) is 10.2. The molecule has 2 aromatic rings. The Morgan fingerprint density at radius 3 is 2.27 bits per heavy atom. The summed E-state index contributed by atoms with van der Waals surface area (Å²) in [6.07, 6.45) is 0.488. The first-order chi connectivity index (χ1) is 12.4. The lowest BCUT2D eigenvalue weighted by molar-refractivity contribution is -0.137. The predicted molar refractivity (Wildman–Crippen MR) is 95.9 cm³/mol. The van der Waals surface area contributed by atoms with E-state index in [1.54, 1.807) is 30.3 Å². The fraction of sp³-hybridized carbons (Fsp3) is 0.263. The Morgan fingerprint density at radius 2 is 1.69 bits per heavy atom. The van der Waals surface area contributed by atoms with Gasteiger partial charge in [0.15, 0.2) is 11.5 Å². The van der Waals surface area contributed by atoms with E-state index in [1.165, 1.54) is 14.2 Å². The van der Waals surface area contributed by atoms with Crippen LogP contribution in [-0.2, 0) is 22.4 Å². The van der Waals surface area contributed by atoms with Gasteiger partial charge in [0.1, 0.15) is 0 Å². The number of aryl methyl sites for hydroxylation is 1. The molecular formula is C19H21NO6. The van der Waals surface area contributed by atoms with E-state index < -0.39 is 5.97 Å². The van der Waals surface area contributed by atoms with Crippen molar-refractivity contribution in [2.45, 2.75) is 19.3 Å². The fourth-order valence-corrected chi connectivity index (χ4v) is 2.50. The third-order valence-corrected chi connectivity index (χ3v) is 3.74. The van der Waals surface area contributed by atoms with Gasteiger partial charge in [-0.05, 0) is 41.8 Å². The van der Waals surface area contributed by atoms with Crippen molar-refractivity contribution in [3.63, 3.8) is 0 Å². The molecule has 2 rings (SSSR count). The topological polar surface area (TPSA) is 105 Å². The molecule has 0 heterocycles. The number of carboxylic acids is 1. The summed E-state index contributed by atoms with van der Waals surface area (Å²) in [5.74, 6) is -0.791. The van der Waals surface area contributed by atoms with Gasteiger partial charge in [0, 0.05) is 12.1 Å². The molecule has 0 aliphatic rings. The van der Waals surface area contributed by atoms with Crippen molar-refractivity contribution in [3.8, 4) is 17.2 Å². The molecule has 0 aliphatic heterocycles. The zero-order valence-electron chi connectivity index (χ0n) is 14.6. The fourth-order valence-electron chi connectivity index (χ4n) is 2.50. The summed E-state index contributed by atoms with van der Waals surface area (Å²) in [5, 5.41) is 21.4. The third kappa shape index (κ3) is 5.14. The molecule has 0 saturated carbocycles. The van der Waals surface area contributed by atoms with Crippen molar-refractivity contribution in [3.05, 3.63) is 47.5 Å². The van der Waals surface area contributed by atoms with E-state index in [9.17, 15) is 14.7 Å². The highest BCUT2D eigenvalue weighted by molar-refractivity contribution is 5.92. The average molecular weight is 359 g/mol. The molecule has 1 amide bonds. The van der Waals surface area contributed by atoms with Gasteiger partial charge in [-0.2, -0.15) is 0 Å². The summed E-state index contributed by atoms with van der Waals surface area (Å²) in [4.78, 5) is 23.0. The summed E-state index contributed by atoms with van der Waals surface area (Å²) < 4.78 is 10.2. The second-order valence-electron chi connectivity index (χ2n) is 5.67. The average Bonchev–Trinajstić information content (AvgIpc) is 2.61. The molecule has 0 unspecified atom stereocenters. The highest BCUT2D eigenvalue weighted by atomic mass is 16.5. The van der Waals surface area contributed by atoms with Crippen LogP contribution in [0.4, 0.5) is 5.69 Å². The minimum absolute atomic E-state index is 0.0322. The summed E-state index contributed by atoms with van der Waals surface area (Å²) in [7, 11) is 2.84. The van der Waals surface area contributed by atoms with Crippen molar-refractivity contribution in [1.82, 2.24) is 0 Å². The Labute approximate surface area is 151 Å². The highest BCUT2D eigenvalue weighted by Crippen LogP contribution is 2.37. The van der Waals surface area contributed by atoms with Crippen molar-refractivity contribution < 1.29 is 29.3 Å². The van der Waals surface area contributed by atoms with Crippen molar-refractivity contribution >= 4 is 17.6 Å². The number of benzene rings is 2. The number of carbonyl (C=O) groups is 2. The maximum absolute atomic E-state index is 12.3. The van der Waals surface area contributed by atoms with Crippen LogP contribution in [0.5, 0.6) is 17.2 Å². The molecule has 7 heteroatoms. The van der Waals surface area contributed by atoms with Gasteiger partial charge in [-0.3, -0.25) is 9.59 Å². The molecule has 3 N–H and O–H groups in total. The third-order valence-electron chi connectivity index (χ3n) is 3.74. The Hall–Kier alpha value is -3.22. The first-order valence-electron chi connectivity index (χ1n) is 7.97. The number of aromatic hydroxyl groups is 1. The zero-order valence-corrected chi connectivity index (χ0v) is 14.6. The first-order valence-corrected chi connectivity index (χ1v) is 7.97. The molecule has 0 bridgehead atoms. The SMILES string of the molecule is COc1cc(CC(=O)Nc2cccc(CCC(=O)O)c2)cc(OC)c1O. The molecule has 0 aromatic heterocycles. The number of carboxylic acid groups (broad SMARTS) is 1. The molecule has 0 aliphatic carbocycles. The van der Waals surface area contributed by atoms with Gasteiger partial charge < -0.3 is 25.0 Å². The molecule has 0 atom stereocenters. The van der Waals surface area contributed by atoms with E-state index in [1.807, 2.05) is 6.07 Å². The number of amides is 1. The summed E-state index contributed by atoms with van der Waals surface area (Å²) in [6.45, 7) is 0. The van der Waals surface area contributed by atoms with Gasteiger partial charge in [-0.1, -0.05) is 12.1 Å². The van der Waals surface area contributed by atoms with Crippen molar-refractivity contribution in [1.29, 1.82) is 0 Å². The van der Waals surface area contributed by atoms with E-state index in [-0.39, 0.29) is 36.0 Å². The minimum atomic E-state index is -0.866. The highest BCUT2D eigenvalue weighted by Gasteiger charge is 2.13. The first kappa shape index (κ1) is 19.1. The van der Waals surface area contributed by atoms with Crippen LogP contribution < -0.4 is 14.8 Å². The standard InChI is InChI=1S/C19H21NO6/c1-25-15-9-13(10-16(26-2)19(15)24)11-17(21)20-14-5-3-4-12(8-14)6-7-18(22)23/h3-5,8-10,24H,6-7,11H2,1-2H3,(H,20,21)(H,22,23). The van der Waals surface area contributed by atoms with E-state index in [0.717, 1.165) is 5.56 Å². The van der Waals surface area contributed by atoms with Crippen LogP contribution >= 0.6 is 0 Å². The Kier molecular flexibility index (Phi) is 6.43. The minimum Gasteiger partial charge on any atom is -0.502 e. The zero-order chi connectivity index (χ0) is 19.1. The molecule has 2 aromatic carbocycles. The molecule has 0 radical (unpaired) electrons. The smallest absolute Gasteiger partial charge is 0.303 e. The van der Waals surface area contributed by atoms with Crippen LogP contribution in [-0.4, -0.2) is 36.3 Å². The molecule has 138 valence electrons. The van der Waals surface area contributed by atoms with Crippen LogP contribution in [0, 0.1) is 0 Å².